The molecule has 6 heteroatoms. The minimum atomic E-state index is -0.531. The number of carbonyl (C=O) groups excluding carboxylic acids is 1. The number of halogens is 1. The van der Waals surface area contributed by atoms with Gasteiger partial charge in [0.1, 0.15) is 5.69 Å². The van der Waals surface area contributed by atoms with E-state index in [9.17, 15) is 14.9 Å². The molecule has 1 N–H and O–H groups in total. The number of rotatable bonds is 3. The van der Waals surface area contributed by atoms with Crippen molar-refractivity contribution in [2.75, 3.05) is 5.32 Å². The molecule has 0 saturated heterocycles. The first-order valence-corrected chi connectivity index (χ1v) is 6.17. The normalized spacial score (nSPS) is 9.95. The highest BCUT2D eigenvalue weighted by Crippen LogP contribution is 2.24. The summed E-state index contributed by atoms with van der Waals surface area (Å²) >= 11 is 3.27. The van der Waals surface area contributed by atoms with E-state index in [1.165, 1.54) is 12.1 Å². The topological polar surface area (TPSA) is 72.2 Å². The predicted octanol–water partition coefficient (Wildman–Crippen LogP) is 3.61. The third kappa shape index (κ3) is 3.17. The Bertz CT molecular complexity index is 643. The Morgan fingerprint density at radius 1 is 1.16 bits per heavy atom. The summed E-state index contributed by atoms with van der Waals surface area (Å²) < 4.78 is 0.766. The monoisotopic (exact) mass is 320 g/mol. The molecule has 0 unspecified atom stereocenters. The van der Waals surface area contributed by atoms with Crippen LogP contribution < -0.4 is 5.32 Å². The van der Waals surface area contributed by atoms with E-state index in [0.29, 0.717) is 5.56 Å². The molecule has 0 atom stereocenters. The van der Waals surface area contributed by atoms with Crippen molar-refractivity contribution in [2.45, 2.75) is 0 Å². The lowest BCUT2D eigenvalue weighted by Crippen LogP contribution is -2.12. The van der Waals surface area contributed by atoms with E-state index in [1.807, 2.05) is 0 Å². The average Bonchev–Trinajstić information content (AvgIpc) is 2.39. The summed E-state index contributed by atoms with van der Waals surface area (Å²) in [5, 5.41) is 13.4. The average molecular weight is 321 g/mol. The molecule has 0 aliphatic rings. The summed E-state index contributed by atoms with van der Waals surface area (Å²) in [6, 6.07) is 12.8. The molecule has 0 aromatic heterocycles. The number of nitrogens with zero attached hydrogens (tertiary/aromatic N) is 1. The minimum absolute atomic E-state index is 0.133. The van der Waals surface area contributed by atoms with Crippen molar-refractivity contribution in [1.82, 2.24) is 0 Å². The van der Waals surface area contributed by atoms with Crippen molar-refractivity contribution in [1.29, 1.82) is 0 Å². The molecule has 2 aromatic rings. The maximum Gasteiger partial charge on any atom is 0.292 e. The van der Waals surface area contributed by atoms with Gasteiger partial charge in [-0.1, -0.05) is 34.1 Å². The summed E-state index contributed by atoms with van der Waals surface area (Å²) in [5.41, 5.74) is 0.468. The number of hydrogen-bond donors (Lipinski definition) is 1. The van der Waals surface area contributed by atoms with E-state index < -0.39 is 10.8 Å². The zero-order valence-corrected chi connectivity index (χ0v) is 11.3. The summed E-state index contributed by atoms with van der Waals surface area (Å²) in [6.45, 7) is 0. The summed E-state index contributed by atoms with van der Waals surface area (Å²) in [6.07, 6.45) is 0. The van der Waals surface area contributed by atoms with Crippen LogP contribution in [-0.4, -0.2) is 10.8 Å². The van der Waals surface area contributed by atoms with Gasteiger partial charge in [0.25, 0.3) is 11.6 Å². The Kier molecular flexibility index (Phi) is 3.91. The third-order valence-corrected chi connectivity index (χ3v) is 2.93. The summed E-state index contributed by atoms with van der Waals surface area (Å²) in [7, 11) is 0. The highest BCUT2D eigenvalue weighted by atomic mass is 79.9. The fourth-order valence-electron chi connectivity index (χ4n) is 1.56. The number of anilines is 1. The number of amides is 1. The van der Waals surface area contributed by atoms with Gasteiger partial charge in [0.2, 0.25) is 0 Å². The Balaban J connectivity index is 2.27. The second-order valence-corrected chi connectivity index (χ2v) is 4.65. The molecule has 96 valence electrons. The molecule has 0 aliphatic heterocycles. The Labute approximate surface area is 117 Å². The molecule has 19 heavy (non-hydrogen) atoms. The van der Waals surface area contributed by atoms with Crippen molar-refractivity contribution in [2.24, 2.45) is 0 Å². The first kappa shape index (κ1) is 13.2. The molecule has 0 bridgehead atoms. The molecule has 0 saturated carbocycles. The standard InChI is InChI=1S/C13H9BrN2O3/c14-10-5-3-4-9(8-10)13(17)15-11-6-1-2-7-12(11)16(18)19/h1-8H,(H,15,17). The molecule has 0 spiro atoms. The van der Waals surface area contributed by atoms with Gasteiger partial charge in [-0.25, -0.2) is 0 Å². The lowest BCUT2D eigenvalue weighted by atomic mass is 10.2. The zero-order chi connectivity index (χ0) is 13.8. The van der Waals surface area contributed by atoms with Gasteiger partial charge in [-0.3, -0.25) is 14.9 Å². The van der Waals surface area contributed by atoms with Crippen LogP contribution in [0.5, 0.6) is 0 Å². The number of nitro groups is 1. The molecular weight excluding hydrogens is 312 g/mol. The second-order valence-electron chi connectivity index (χ2n) is 3.74. The number of carbonyl (C=O) groups is 1. The van der Waals surface area contributed by atoms with Crippen LogP contribution in [0.4, 0.5) is 11.4 Å². The maximum atomic E-state index is 12.0. The zero-order valence-electron chi connectivity index (χ0n) is 9.67. The van der Waals surface area contributed by atoms with E-state index in [1.54, 1.807) is 36.4 Å². The lowest BCUT2D eigenvalue weighted by molar-refractivity contribution is -0.383. The van der Waals surface area contributed by atoms with Crippen LogP contribution in [0.25, 0.3) is 0 Å². The van der Waals surface area contributed by atoms with Crippen molar-refractivity contribution < 1.29 is 9.72 Å². The van der Waals surface area contributed by atoms with Crippen LogP contribution in [0.15, 0.2) is 53.0 Å². The molecule has 1 amide bonds. The van der Waals surface area contributed by atoms with Gasteiger partial charge in [0.15, 0.2) is 0 Å². The number of para-hydroxylation sites is 2. The van der Waals surface area contributed by atoms with Gasteiger partial charge >= 0.3 is 0 Å². The fourth-order valence-corrected chi connectivity index (χ4v) is 1.96. The smallest absolute Gasteiger partial charge is 0.292 e. The van der Waals surface area contributed by atoms with Crippen LogP contribution in [0.1, 0.15) is 10.4 Å². The van der Waals surface area contributed by atoms with Gasteiger partial charge in [-0.15, -0.1) is 0 Å². The van der Waals surface area contributed by atoms with E-state index >= 15 is 0 Å². The van der Waals surface area contributed by atoms with Crippen molar-refractivity contribution in [3.05, 3.63) is 68.7 Å². The quantitative estimate of drug-likeness (QED) is 0.693. The Hall–Kier alpha value is -2.21. The van der Waals surface area contributed by atoms with Crippen LogP contribution >= 0.6 is 15.9 Å². The number of nitrogens with one attached hydrogen (secondary N) is 1. The molecule has 0 radical (unpaired) electrons. The van der Waals surface area contributed by atoms with E-state index in [2.05, 4.69) is 21.2 Å². The van der Waals surface area contributed by atoms with Gasteiger partial charge < -0.3 is 5.32 Å². The Morgan fingerprint density at radius 3 is 2.58 bits per heavy atom. The minimum Gasteiger partial charge on any atom is -0.316 e. The first-order chi connectivity index (χ1) is 9.08. The van der Waals surface area contributed by atoms with Crippen LogP contribution in [0, 0.1) is 10.1 Å². The molecule has 0 aliphatic carbocycles. The first-order valence-electron chi connectivity index (χ1n) is 5.38. The highest BCUT2D eigenvalue weighted by molar-refractivity contribution is 9.10. The van der Waals surface area contributed by atoms with Gasteiger partial charge in [0, 0.05) is 16.1 Å². The largest absolute Gasteiger partial charge is 0.316 e. The molecule has 0 fully saturated rings. The van der Waals surface area contributed by atoms with E-state index in [4.69, 9.17) is 0 Å². The molecule has 5 nitrogen and oxygen atoms in total. The number of benzene rings is 2. The van der Waals surface area contributed by atoms with Crippen molar-refractivity contribution in [3.8, 4) is 0 Å². The molecule has 2 rings (SSSR count). The maximum absolute atomic E-state index is 12.0. The summed E-state index contributed by atoms with van der Waals surface area (Å²) in [4.78, 5) is 22.3. The molecule has 0 heterocycles. The predicted molar refractivity (Wildman–Crippen MR) is 75.2 cm³/mol. The molecular formula is C13H9BrN2O3. The third-order valence-electron chi connectivity index (χ3n) is 2.44. The Morgan fingerprint density at radius 2 is 1.89 bits per heavy atom. The van der Waals surface area contributed by atoms with E-state index in [0.717, 1.165) is 4.47 Å². The van der Waals surface area contributed by atoms with E-state index in [-0.39, 0.29) is 11.4 Å². The number of nitro benzene ring substituents is 1. The SMILES string of the molecule is O=C(Nc1ccccc1[N+](=O)[O-])c1cccc(Br)c1. The van der Waals surface area contributed by atoms with Crippen molar-refractivity contribution >= 4 is 33.2 Å². The fraction of sp³-hybridized carbons (Fsp3) is 0. The second kappa shape index (κ2) is 5.62. The summed E-state index contributed by atoms with van der Waals surface area (Å²) in [5.74, 6) is -0.393. The van der Waals surface area contributed by atoms with Crippen LogP contribution in [-0.2, 0) is 0 Å². The van der Waals surface area contributed by atoms with Crippen LogP contribution in [0.2, 0.25) is 0 Å². The molecule has 2 aromatic carbocycles. The van der Waals surface area contributed by atoms with Crippen molar-refractivity contribution in [3.63, 3.8) is 0 Å². The highest BCUT2D eigenvalue weighted by Gasteiger charge is 2.15. The van der Waals surface area contributed by atoms with Gasteiger partial charge in [-0.05, 0) is 24.3 Å². The van der Waals surface area contributed by atoms with Gasteiger partial charge in [0.05, 0.1) is 4.92 Å². The van der Waals surface area contributed by atoms with Gasteiger partial charge in [-0.2, -0.15) is 0 Å². The lowest BCUT2D eigenvalue weighted by Gasteiger charge is -2.06. The number of hydrogen-bond acceptors (Lipinski definition) is 3. The van der Waals surface area contributed by atoms with Crippen LogP contribution in [0.3, 0.4) is 0 Å².